The zero-order valence-electron chi connectivity index (χ0n) is 9.06. The van der Waals surface area contributed by atoms with Crippen LogP contribution in [0.4, 0.5) is 5.82 Å². The summed E-state index contributed by atoms with van der Waals surface area (Å²) in [6, 6.07) is 1.83. The zero-order valence-corrected chi connectivity index (χ0v) is 9.06. The summed E-state index contributed by atoms with van der Waals surface area (Å²) in [5.74, 6) is -0.270. The molecule has 0 aromatic carbocycles. The van der Waals surface area contributed by atoms with Crippen LogP contribution in [-0.2, 0) is 0 Å². The lowest BCUT2D eigenvalue weighted by Crippen LogP contribution is -2.06. The molecule has 2 N–H and O–H groups in total. The molecule has 0 aliphatic heterocycles. The second kappa shape index (κ2) is 3.80. The van der Waals surface area contributed by atoms with Gasteiger partial charge in [0.15, 0.2) is 5.65 Å². The van der Waals surface area contributed by atoms with Gasteiger partial charge in [-0.2, -0.15) is 9.61 Å². The minimum atomic E-state index is -1.02. The van der Waals surface area contributed by atoms with Crippen LogP contribution in [0, 0.1) is 6.92 Å². The molecule has 0 aliphatic rings. The van der Waals surface area contributed by atoms with Gasteiger partial charge in [-0.15, -0.1) is 0 Å². The van der Waals surface area contributed by atoms with Crippen molar-refractivity contribution in [2.45, 2.75) is 13.8 Å². The fourth-order valence-corrected chi connectivity index (χ4v) is 1.54. The summed E-state index contributed by atoms with van der Waals surface area (Å²) in [6.45, 7) is 4.52. The van der Waals surface area contributed by atoms with Gasteiger partial charge < -0.3 is 10.4 Å². The zero-order chi connectivity index (χ0) is 11.7. The Morgan fingerprint density at radius 1 is 1.62 bits per heavy atom. The first-order valence-electron chi connectivity index (χ1n) is 4.96. The third-order valence-corrected chi connectivity index (χ3v) is 2.19. The average molecular weight is 220 g/mol. The Labute approximate surface area is 91.9 Å². The highest BCUT2D eigenvalue weighted by Gasteiger charge is 2.14. The predicted molar refractivity (Wildman–Crippen MR) is 58.8 cm³/mol. The Morgan fingerprint density at radius 2 is 2.38 bits per heavy atom. The smallest absolute Gasteiger partial charge is 0.341 e. The summed E-state index contributed by atoms with van der Waals surface area (Å²) in [6.07, 6.45) is 1.31. The van der Waals surface area contributed by atoms with Crippen molar-refractivity contribution in [3.63, 3.8) is 0 Å². The van der Waals surface area contributed by atoms with E-state index >= 15 is 0 Å². The minimum absolute atomic E-state index is 0.114. The highest BCUT2D eigenvalue weighted by molar-refractivity contribution is 5.94. The SMILES string of the molecule is CCNc1cc(C)nc2c(C(=O)O)cnn12. The number of carboxylic acid groups (broad SMARTS) is 1. The Bertz CT molecular complexity index is 547. The summed E-state index contributed by atoms with van der Waals surface area (Å²) in [5, 5.41) is 16.1. The van der Waals surface area contributed by atoms with Gasteiger partial charge in [0.25, 0.3) is 0 Å². The largest absolute Gasteiger partial charge is 0.477 e. The fourth-order valence-electron chi connectivity index (χ4n) is 1.54. The lowest BCUT2D eigenvalue weighted by molar-refractivity contribution is 0.0699. The predicted octanol–water partition coefficient (Wildman–Crippen LogP) is 1.17. The number of carbonyl (C=O) groups is 1. The van der Waals surface area contributed by atoms with Gasteiger partial charge in [0.2, 0.25) is 0 Å². The van der Waals surface area contributed by atoms with Gasteiger partial charge in [-0.3, -0.25) is 0 Å². The monoisotopic (exact) mass is 220 g/mol. The molecule has 2 aromatic heterocycles. The van der Waals surface area contributed by atoms with E-state index in [9.17, 15) is 4.79 Å². The van der Waals surface area contributed by atoms with Crippen molar-refractivity contribution in [1.82, 2.24) is 14.6 Å². The third-order valence-electron chi connectivity index (χ3n) is 2.19. The third kappa shape index (κ3) is 1.58. The van der Waals surface area contributed by atoms with Gasteiger partial charge in [-0.1, -0.05) is 0 Å². The van der Waals surface area contributed by atoms with Crippen LogP contribution >= 0.6 is 0 Å². The second-order valence-electron chi connectivity index (χ2n) is 3.41. The Morgan fingerprint density at radius 3 is 3.00 bits per heavy atom. The Kier molecular flexibility index (Phi) is 2.47. The molecular weight excluding hydrogens is 208 g/mol. The normalized spacial score (nSPS) is 10.6. The molecule has 0 bridgehead atoms. The lowest BCUT2D eigenvalue weighted by atomic mass is 10.3. The maximum atomic E-state index is 10.9. The van der Waals surface area contributed by atoms with E-state index in [4.69, 9.17) is 5.11 Å². The van der Waals surface area contributed by atoms with E-state index in [2.05, 4.69) is 15.4 Å². The highest BCUT2D eigenvalue weighted by Crippen LogP contribution is 2.15. The standard InChI is InChI=1S/C10H12N4O2/c1-3-11-8-4-6(2)13-9-7(10(15)16)5-12-14(8)9/h4-5,11H,3H2,1-2H3,(H,15,16). The molecule has 6 heteroatoms. The van der Waals surface area contributed by atoms with Crippen molar-refractivity contribution < 1.29 is 9.90 Å². The van der Waals surface area contributed by atoms with E-state index in [1.807, 2.05) is 19.9 Å². The van der Waals surface area contributed by atoms with E-state index in [0.29, 0.717) is 5.65 Å². The molecule has 6 nitrogen and oxygen atoms in total. The minimum Gasteiger partial charge on any atom is -0.477 e. The van der Waals surface area contributed by atoms with Crippen molar-refractivity contribution in [3.8, 4) is 0 Å². The molecule has 0 amide bonds. The van der Waals surface area contributed by atoms with Crippen LogP contribution in [0.15, 0.2) is 12.3 Å². The summed E-state index contributed by atoms with van der Waals surface area (Å²) in [5.41, 5.74) is 1.23. The molecule has 0 unspecified atom stereocenters. The van der Waals surface area contributed by atoms with Crippen molar-refractivity contribution in [2.75, 3.05) is 11.9 Å². The van der Waals surface area contributed by atoms with Crippen LogP contribution in [0.1, 0.15) is 23.0 Å². The fraction of sp³-hybridized carbons (Fsp3) is 0.300. The molecule has 2 aromatic rings. The summed E-state index contributed by atoms with van der Waals surface area (Å²) < 4.78 is 1.50. The first-order chi connectivity index (χ1) is 7.63. The van der Waals surface area contributed by atoms with Crippen LogP contribution in [0.3, 0.4) is 0 Å². The molecule has 0 aliphatic carbocycles. The number of hydrogen-bond donors (Lipinski definition) is 2. The number of nitrogens with zero attached hydrogens (tertiary/aromatic N) is 3. The molecule has 0 atom stereocenters. The van der Waals surface area contributed by atoms with Gasteiger partial charge in [-0.05, 0) is 13.8 Å². The molecule has 0 radical (unpaired) electrons. The van der Waals surface area contributed by atoms with Crippen LogP contribution in [0.5, 0.6) is 0 Å². The van der Waals surface area contributed by atoms with Crippen molar-refractivity contribution in [2.24, 2.45) is 0 Å². The Balaban J connectivity index is 2.70. The molecule has 0 fully saturated rings. The number of carboxylic acids is 1. The van der Waals surface area contributed by atoms with Crippen LogP contribution in [-0.4, -0.2) is 32.2 Å². The summed E-state index contributed by atoms with van der Waals surface area (Å²) in [7, 11) is 0. The molecule has 0 spiro atoms. The number of fused-ring (bicyclic) bond motifs is 1. The number of anilines is 1. The average Bonchev–Trinajstić information content (AvgIpc) is 2.61. The maximum Gasteiger partial charge on any atom is 0.341 e. The molecular formula is C10H12N4O2. The van der Waals surface area contributed by atoms with Crippen LogP contribution in [0.2, 0.25) is 0 Å². The number of hydrogen-bond acceptors (Lipinski definition) is 4. The van der Waals surface area contributed by atoms with Crippen LogP contribution in [0.25, 0.3) is 5.65 Å². The van der Waals surface area contributed by atoms with Gasteiger partial charge >= 0.3 is 5.97 Å². The Hall–Kier alpha value is -2.11. The van der Waals surface area contributed by atoms with Crippen molar-refractivity contribution in [1.29, 1.82) is 0 Å². The molecule has 2 heterocycles. The van der Waals surface area contributed by atoms with Gasteiger partial charge in [0.1, 0.15) is 11.4 Å². The number of aromatic nitrogens is 3. The number of nitrogens with one attached hydrogen (secondary N) is 1. The number of aryl methyl sites for hydroxylation is 1. The van der Waals surface area contributed by atoms with Crippen molar-refractivity contribution >= 4 is 17.4 Å². The summed E-state index contributed by atoms with van der Waals surface area (Å²) in [4.78, 5) is 15.1. The van der Waals surface area contributed by atoms with Gasteiger partial charge in [0.05, 0.1) is 6.20 Å². The van der Waals surface area contributed by atoms with E-state index in [0.717, 1.165) is 18.1 Å². The number of aromatic carboxylic acids is 1. The van der Waals surface area contributed by atoms with Gasteiger partial charge in [-0.25, -0.2) is 9.78 Å². The highest BCUT2D eigenvalue weighted by atomic mass is 16.4. The van der Waals surface area contributed by atoms with E-state index in [1.54, 1.807) is 0 Å². The maximum absolute atomic E-state index is 10.9. The lowest BCUT2D eigenvalue weighted by Gasteiger charge is -2.06. The quantitative estimate of drug-likeness (QED) is 0.811. The van der Waals surface area contributed by atoms with E-state index in [1.165, 1.54) is 10.7 Å². The molecule has 2 rings (SSSR count). The molecule has 84 valence electrons. The van der Waals surface area contributed by atoms with Crippen molar-refractivity contribution in [3.05, 3.63) is 23.5 Å². The summed E-state index contributed by atoms with van der Waals surface area (Å²) >= 11 is 0. The van der Waals surface area contributed by atoms with E-state index < -0.39 is 5.97 Å². The first kappa shape index (κ1) is 10.4. The molecule has 0 saturated carbocycles. The number of rotatable bonds is 3. The topological polar surface area (TPSA) is 79.5 Å². The molecule has 0 saturated heterocycles. The van der Waals surface area contributed by atoms with E-state index in [-0.39, 0.29) is 5.56 Å². The molecule has 16 heavy (non-hydrogen) atoms. The first-order valence-corrected chi connectivity index (χ1v) is 4.96. The van der Waals surface area contributed by atoms with Gasteiger partial charge in [0, 0.05) is 18.3 Å². The second-order valence-corrected chi connectivity index (χ2v) is 3.41. The van der Waals surface area contributed by atoms with Crippen LogP contribution < -0.4 is 5.32 Å².